The van der Waals surface area contributed by atoms with E-state index in [0.717, 1.165) is 77.5 Å². The summed E-state index contributed by atoms with van der Waals surface area (Å²) in [5, 5.41) is 14.5. The van der Waals surface area contributed by atoms with Crippen molar-refractivity contribution in [3.63, 3.8) is 0 Å². The number of fused-ring (bicyclic) bond motifs is 15. The molecule has 0 saturated carbocycles. The van der Waals surface area contributed by atoms with Crippen molar-refractivity contribution in [2.24, 2.45) is 0 Å². The second-order valence-electron chi connectivity index (χ2n) is 19.5. The van der Waals surface area contributed by atoms with Gasteiger partial charge in [-0.2, -0.15) is 9.97 Å². The molecule has 0 aliphatic rings. The molecular formula is C69H42N6. The monoisotopic (exact) mass is 954 g/mol. The first-order valence-electron chi connectivity index (χ1n) is 25.5. The normalized spacial score (nSPS) is 12.0. The second kappa shape index (κ2) is 16.2. The number of rotatable bonds is 6. The number of aromatic nitrogens is 6. The van der Waals surface area contributed by atoms with Gasteiger partial charge in [0.15, 0.2) is 11.6 Å². The van der Waals surface area contributed by atoms with Crippen molar-refractivity contribution in [2.45, 2.75) is 0 Å². The van der Waals surface area contributed by atoms with E-state index >= 15 is 0 Å². The number of hydrogen-bond acceptors (Lipinski definition) is 3. The van der Waals surface area contributed by atoms with Crippen molar-refractivity contribution in [1.29, 1.82) is 0 Å². The van der Waals surface area contributed by atoms with Crippen molar-refractivity contribution in [1.82, 2.24) is 28.7 Å². The van der Waals surface area contributed by atoms with Gasteiger partial charge in [-0.1, -0.05) is 194 Å². The Morgan fingerprint density at radius 1 is 0.227 bits per heavy atom. The predicted molar refractivity (Wildman–Crippen MR) is 312 cm³/mol. The summed E-state index contributed by atoms with van der Waals surface area (Å²) >= 11 is 0. The van der Waals surface area contributed by atoms with Crippen LogP contribution in [-0.2, 0) is 0 Å². The first-order valence-corrected chi connectivity index (χ1v) is 25.5. The van der Waals surface area contributed by atoms with Gasteiger partial charge in [0, 0.05) is 54.7 Å². The largest absolute Gasteiger partial charge is 0.309 e. The Bertz CT molecular complexity index is 4970. The summed E-state index contributed by atoms with van der Waals surface area (Å²) in [5.41, 5.74) is 12.8. The van der Waals surface area contributed by atoms with E-state index < -0.39 is 0 Å². The van der Waals surface area contributed by atoms with Crippen LogP contribution in [0.1, 0.15) is 0 Å². The molecule has 16 aromatic rings. The lowest BCUT2D eigenvalue weighted by molar-refractivity contribution is 0.953. The van der Waals surface area contributed by atoms with E-state index in [1.807, 2.05) is 18.2 Å². The van der Waals surface area contributed by atoms with Crippen LogP contribution in [0.15, 0.2) is 255 Å². The zero-order valence-corrected chi connectivity index (χ0v) is 40.4. The molecule has 0 unspecified atom stereocenters. The van der Waals surface area contributed by atoms with Gasteiger partial charge >= 0.3 is 0 Å². The minimum atomic E-state index is 0.548. The van der Waals surface area contributed by atoms with E-state index in [-0.39, 0.29) is 0 Å². The van der Waals surface area contributed by atoms with Crippen LogP contribution in [0.4, 0.5) is 0 Å². The molecule has 16 rings (SSSR count). The smallest absolute Gasteiger partial charge is 0.238 e. The van der Waals surface area contributed by atoms with Gasteiger partial charge in [0.1, 0.15) is 0 Å². The SMILES string of the molecule is c1ccc(-c2nc(-c3ccc4c5ccccc5n(-c5ccccc5)c4c3)nc(-n3c4ccccc4c4cc5c6ccccc6n(-c6ccccc6-c6ccc7c8ccccc8c8ccccc8c7c6)c5cc43)n2)cc1. The average Bonchev–Trinajstić information content (AvgIpc) is 4.11. The quantitative estimate of drug-likeness (QED) is 0.156. The Kier molecular flexibility index (Phi) is 8.94. The Morgan fingerprint density at radius 3 is 1.33 bits per heavy atom. The summed E-state index contributed by atoms with van der Waals surface area (Å²) in [7, 11) is 0. The molecule has 75 heavy (non-hydrogen) atoms. The third kappa shape index (κ3) is 6.24. The number of benzene rings is 12. The predicted octanol–water partition coefficient (Wildman–Crippen LogP) is 17.6. The Labute approximate surface area is 430 Å². The van der Waals surface area contributed by atoms with Crippen LogP contribution in [0.3, 0.4) is 0 Å². The highest BCUT2D eigenvalue weighted by Gasteiger charge is 2.23. The molecule has 0 aliphatic carbocycles. The number of nitrogens with zero attached hydrogens (tertiary/aromatic N) is 6. The summed E-state index contributed by atoms with van der Waals surface area (Å²) in [6.45, 7) is 0. The van der Waals surface area contributed by atoms with Crippen molar-refractivity contribution < 1.29 is 0 Å². The fourth-order valence-electron chi connectivity index (χ4n) is 12.2. The molecule has 0 fully saturated rings. The molecule has 348 valence electrons. The molecule has 12 aromatic carbocycles. The lowest BCUT2D eigenvalue weighted by Gasteiger charge is -2.16. The first kappa shape index (κ1) is 41.4. The van der Waals surface area contributed by atoms with Crippen LogP contribution in [0.25, 0.3) is 149 Å². The van der Waals surface area contributed by atoms with Gasteiger partial charge in [-0.25, -0.2) is 4.98 Å². The molecule has 4 aromatic heterocycles. The summed E-state index contributed by atoms with van der Waals surface area (Å²) in [4.78, 5) is 16.1. The lowest BCUT2D eigenvalue weighted by Crippen LogP contribution is -2.06. The highest BCUT2D eigenvalue weighted by atomic mass is 15.2. The van der Waals surface area contributed by atoms with Crippen LogP contribution in [-0.4, -0.2) is 28.7 Å². The Balaban J connectivity index is 0.943. The van der Waals surface area contributed by atoms with E-state index in [4.69, 9.17) is 15.0 Å². The standard InChI is InChI=1S/C69H42N6/c1-3-19-43(20-4-1)67-70-68(45-36-38-56-53-28-12-16-32-61(53)73(64(56)40-45)46-21-5-2-6-22-46)72-69(71-67)75-63-34-18-14-30-55(63)59-41-58-54-29-13-17-33-62(54)74(65(58)42-66(59)75)60-31-15-11-23-47(60)44-35-37-52-50-26-8-7-24-48(50)49-25-9-10-27-51(49)57(52)39-44/h1-42H. The average molecular weight is 955 g/mol. The Morgan fingerprint density at radius 2 is 0.667 bits per heavy atom. The number of para-hydroxylation sites is 5. The zero-order valence-electron chi connectivity index (χ0n) is 40.4. The third-order valence-corrected chi connectivity index (χ3v) is 15.5. The molecule has 0 saturated heterocycles. The lowest BCUT2D eigenvalue weighted by atomic mass is 9.92. The van der Waals surface area contributed by atoms with Gasteiger partial charge in [-0.3, -0.25) is 4.57 Å². The minimum absolute atomic E-state index is 0.548. The van der Waals surface area contributed by atoms with Crippen LogP contribution in [0, 0.1) is 0 Å². The molecule has 0 radical (unpaired) electrons. The molecule has 6 nitrogen and oxygen atoms in total. The molecule has 0 spiro atoms. The molecule has 0 amide bonds. The summed E-state index contributed by atoms with van der Waals surface area (Å²) < 4.78 is 7.04. The molecule has 0 aliphatic heterocycles. The van der Waals surface area contributed by atoms with Crippen molar-refractivity contribution in [3.05, 3.63) is 255 Å². The van der Waals surface area contributed by atoms with Gasteiger partial charge in [0.2, 0.25) is 5.95 Å². The maximum Gasteiger partial charge on any atom is 0.238 e. The molecule has 0 N–H and O–H groups in total. The summed E-state index contributed by atoms with van der Waals surface area (Å²) in [6, 6.07) is 91.7. The minimum Gasteiger partial charge on any atom is -0.309 e. The molecule has 0 bridgehead atoms. The van der Waals surface area contributed by atoms with E-state index in [0.29, 0.717) is 17.6 Å². The van der Waals surface area contributed by atoms with Crippen molar-refractivity contribution in [3.8, 4) is 51.2 Å². The maximum atomic E-state index is 5.48. The van der Waals surface area contributed by atoms with Crippen LogP contribution in [0.2, 0.25) is 0 Å². The van der Waals surface area contributed by atoms with E-state index in [9.17, 15) is 0 Å². The van der Waals surface area contributed by atoms with Crippen molar-refractivity contribution in [2.75, 3.05) is 0 Å². The molecular weight excluding hydrogens is 913 g/mol. The molecule has 0 atom stereocenters. The van der Waals surface area contributed by atoms with Gasteiger partial charge in [-0.05, 0) is 98.5 Å². The zero-order chi connectivity index (χ0) is 49.1. The summed E-state index contributed by atoms with van der Waals surface area (Å²) in [6.07, 6.45) is 0. The van der Waals surface area contributed by atoms with E-state index in [2.05, 4.69) is 250 Å². The van der Waals surface area contributed by atoms with E-state index in [1.54, 1.807) is 0 Å². The van der Waals surface area contributed by atoms with Gasteiger partial charge in [-0.15, -0.1) is 0 Å². The fourth-order valence-corrected chi connectivity index (χ4v) is 12.2. The van der Waals surface area contributed by atoms with Gasteiger partial charge in [0.25, 0.3) is 0 Å². The topological polar surface area (TPSA) is 53.5 Å². The highest BCUT2D eigenvalue weighted by molar-refractivity contribution is 6.26. The van der Waals surface area contributed by atoms with Crippen LogP contribution < -0.4 is 0 Å². The van der Waals surface area contributed by atoms with Crippen LogP contribution >= 0.6 is 0 Å². The number of hydrogen-bond donors (Lipinski definition) is 0. The third-order valence-electron chi connectivity index (χ3n) is 15.5. The molecule has 4 heterocycles. The van der Waals surface area contributed by atoms with Gasteiger partial charge < -0.3 is 9.13 Å². The Hall–Kier alpha value is -10.2. The van der Waals surface area contributed by atoms with E-state index in [1.165, 1.54) is 53.9 Å². The van der Waals surface area contributed by atoms with Crippen LogP contribution in [0.5, 0.6) is 0 Å². The summed E-state index contributed by atoms with van der Waals surface area (Å²) in [5.74, 6) is 1.74. The highest BCUT2D eigenvalue weighted by Crippen LogP contribution is 2.43. The first-order chi connectivity index (χ1) is 37.2. The van der Waals surface area contributed by atoms with Crippen molar-refractivity contribution >= 4 is 97.7 Å². The van der Waals surface area contributed by atoms with Gasteiger partial charge in [0.05, 0.1) is 38.8 Å². The fraction of sp³-hybridized carbons (Fsp3) is 0. The molecule has 6 heteroatoms. The second-order valence-corrected chi connectivity index (χ2v) is 19.5. The maximum absolute atomic E-state index is 5.48.